The second kappa shape index (κ2) is 7.50. The van der Waals surface area contributed by atoms with Crippen LogP contribution in [0.2, 0.25) is 0 Å². The predicted molar refractivity (Wildman–Crippen MR) is 79.2 cm³/mol. The molecule has 0 aromatic heterocycles. The van der Waals surface area contributed by atoms with Crippen LogP contribution >= 0.6 is 0 Å². The summed E-state index contributed by atoms with van der Waals surface area (Å²) in [4.78, 5) is 0. The van der Waals surface area contributed by atoms with Gasteiger partial charge in [0.25, 0.3) is 0 Å². The fraction of sp³-hybridized carbons (Fsp3) is 0.625. The summed E-state index contributed by atoms with van der Waals surface area (Å²) < 4.78 is 16.7. The Labute approximate surface area is 121 Å². The highest BCUT2D eigenvalue weighted by Gasteiger charge is 2.14. The molecule has 4 nitrogen and oxygen atoms in total. The lowest BCUT2D eigenvalue weighted by molar-refractivity contribution is 0.0336. The molecule has 112 valence electrons. The van der Waals surface area contributed by atoms with Gasteiger partial charge < -0.3 is 19.5 Å². The summed E-state index contributed by atoms with van der Waals surface area (Å²) in [5.74, 6) is 1.64. The molecule has 1 aromatic carbocycles. The zero-order chi connectivity index (χ0) is 14.4. The zero-order valence-corrected chi connectivity index (χ0v) is 12.6. The summed E-state index contributed by atoms with van der Waals surface area (Å²) in [5.41, 5.74) is 1.12. The van der Waals surface area contributed by atoms with Crippen molar-refractivity contribution >= 4 is 0 Å². The van der Waals surface area contributed by atoms with Crippen molar-refractivity contribution in [1.29, 1.82) is 0 Å². The summed E-state index contributed by atoms with van der Waals surface area (Å²) in [7, 11) is 0. The van der Waals surface area contributed by atoms with Gasteiger partial charge in [0.1, 0.15) is 0 Å². The average molecular weight is 279 g/mol. The lowest BCUT2D eigenvalue weighted by atomic mass is 10.2. The molecule has 0 bridgehead atoms. The Hall–Kier alpha value is -1.26. The van der Waals surface area contributed by atoms with Gasteiger partial charge in [0, 0.05) is 12.6 Å². The molecular weight excluding hydrogens is 254 g/mol. The van der Waals surface area contributed by atoms with Crippen molar-refractivity contribution in [2.45, 2.75) is 52.4 Å². The molecule has 1 N–H and O–H groups in total. The van der Waals surface area contributed by atoms with Crippen LogP contribution in [-0.2, 0) is 11.3 Å². The van der Waals surface area contributed by atoms with E-state index in [1.807, 2.05) is 18.2 Å². The van der Waals surface area contributed by atoms with Gasteiger partial charge in [-0.25, -0.2) is 0 Å². The number of hydrogen-bond donors (Lipinski definition) is 1. The second-order valence-electron chi connectivity index (χ2n) is 5.47. The van der Waals surface area contributed by atoms with Crippen LogP contribution in [0.4, 0.5) is 0 Å². The van der Waals surface area contributed by atoms with Crippen LogP contribution in [0.3, 0.4) is 0 Å². The smallest absolute Gasteiger partial charge is 0.231 e. The van der Waals surface area contributed by atoms with Crippen LogP contribution in [0.5, 0.6) is 11.5 Å². The molecule has 4 heteroatoms. The summed E-state index contributed by atoms with van der Waals surface area (Å²) in [6.07, 6.45) is 2.46. The summed E-state index contributed by atoms with van der Waals surface area (Å²) in [6, 6.07) is 6.47. The first kappa shape index (κ1) is 15.1. The van der Waals surface area contributed by atoms with Gasteiger partial charge in [-0.2, -0.15) is 0 Å². The Kier molecular flexibility index (Phi) is 5.68. The van der Waals surface area contributed by atoms with Gasteiger partial charge in [-0.05, 0) is 24.1 Å². The van der Waals surface area contributed by atoms with Crippen molar-refractivity contribution in [3.8, 4) is 11.5 Å². The maximum absolute atomic E-state index is 6.02. The van der Waals surface area contributed by atoms with Crippen molar-refractivity contribution in [2.75, 3.05) is 13.3 Å². The van der Waals surface area contributed by atoms with Gasteiger partial charge in [0.2, 0.25) is 6.79 Å². The van der Waals surface area contributed by atoms with Crippen molar-refractivity contribution < 1.29 is 14.2 Å². The molecule has 0 amide bonds. The topological polar surface area (TPSA) is 39.7 Å². The molecule has 2 rings (SSSR count). The number of benzene rings is 1. The lowest BCUT2D eigenvalue weighted by Crippen LogP contribution is -2.33. The van der Waals surface area contributed by atoms with E-state index in [1.165, 1.54) is 0 Å². The minimum atomic E-state index is 0.257. The molecule has 1 heterocycles. The summed E-state index contributed by atoms with van der Waals surface area (Å²) >= 11 is 0. The molecule has 0 aliphatic carbocycles. The van der Waals surface area contributed by atoms with Gasteiger partial charge in [0.15, 0.2) is 11.5 Å². The van der Waals surface area contributed by atoms with Crippen LogP contribution < -0.4 is 14.8 Å². The number of ether oxygens (including phenoxy) is 3. The molecule has 1 unspecified atom stereocenters. The van der Waals surface area contributed by atoms with E-state index in [2.05, 4.69) is 26.1 Å². The van der Waals surface area contributed by atoms with E-state index >= 15 is 0 Å². The lowest BCUT2D eigenvalue weighted by Gasteiger charge is -2.19. The van der Waals surface area contributed by atoms with Crippen molar-refractivity contribution in [3.05, 3.63) is 23.8 Å². The normalized spacial score (nSPS) is 14.8. The molecule has 0 fully saturated rings. The van der Waals surface area contributed by atoms with E-state index in [0.717, 1.165) is 36.4 Å². The Bertz CT molecular complexity index is 420. The van der Waals surface area contributed by atoms with Crippen molar-refractivity contribution in [2.24, 2.45) is 0 Å². The van der Waals surface area contributed by atoms with E-state index in [0.29, 0.717) is 19.4 Å². The standard InChI is InChI=1S/C16H25NO3/c1-4-5-14(9-17-12(2)3)18-10-13-6-7-15-16(8-13)20-11-19-15/h6-8,12,14,17H,4-5,9-11H2,1-3H3. The van der Waals surface area contributed by atoms with E-state index < -0.39 is 0 Å². The minimum Gasteiger partial charge on any atom is -0.454 e. The Balaban J connectivity index is 1.85. The molecule has 0 saturated heterocycles. The van der Waals surface area contributed by atoms with Crippen LogP contribution in [0, 0.1) is 0 Å². The maximum atomic E-state index is 6.02. The molecule has 0 radical (unpaired) electrons. The first-order valence-electron chi connectivity index (χ1n) is 7.42. The van der Waals surface area contributed by atoms with E-state index in [4.69, 9.17) is 14.2 Å². The number of hydrogen-bond acceptors (Lipinski definition) is 4. The van der Waals surface area contributed by atoms with E-state index in [-0.39, 0.29) is 6.10 Å². The van der Waals surface area contributed by atoms with Gasteiger partial charge in [-0.1, -0.05) is 33.3 Å². The number of fused-ring (bicyclic) bond motifs is 1. The molecular formula is C16H25NO3. The Morgan fingerprint density at radius 1 is 1.25 bits per heavy atom. The predicted octanol–water partition coefficient (Wildman–Crippen LogP) is 3.10. The van der Waals surface area contributed by atoms with Crippen LogP contribution in [0.15, 0.2) is 18.2 Å². The molecule has 0 spiro atoms. The Morgan fingerprint density at radius 3 is 2.80 bits per heavy atom. The first-order valence-corrected chi connectivity index (χ1v) is 7.42. The molecule has 1 aliphatic heterocycles. The van der Waals surface area contributed by atoms with Gasteiger partial charge >= 0.3 is 0 Å². The third-order valence-corrected chi connectivity index (χ3v) is 3.29. The second-order valence-corrected chi connectivity index (χ2v) is 5.47. The first-order chi connectivity index (χ1) is 9.69. The fourth-order valence-electron chi connectivity index (χ4n) is 2.18. The summed E-state index contributed by atoms with van der Waals surface area (Å²) in [6.45, 7) is 8.32. The largest absolute Gasteiger partial charge is 0.454 e. The van der Waals surface area contributed by atoms with Crippen molar-refractivity contribution in [1.82, 2.24) is 5.32 Å². The zero-order valence-electron chi connectivity index (χ0n) is 12.6. The maximum Gasteiger partial charge on any atom is 0.231 e. The third-order valence-electron chi connectivity index (χ3n) is 3.29. The molecule has 20 heavy (non-hydrogen) atoms. The minimum absolute atomic E-state index is 0.257. The quantitative estimate of drug-likeness (QED) is 0.793. The van der Waals surface area contributed by atoms with Crippen LogP contribution in [0.1, 0.15) is 39.2 Å². The average Bonchev–Trinajstić information content (AvgIpc) is 2.89. The highest BCUT2D eigenvalue weighted by molar-refractivity contribution is 5.44. The van der Waals surface area contributed by atoms with E-state index in [9.17, 15) is 0 Å². The molecule has 1 aliphatic rings. The number of nitrogens with one attached hydrogen (secondary N) is 1. The number of rotatable bonds is 8. The Morgan fingerprint density at radius 2 is 2.05 bits per heavy atom. The van der Waals surface area contributed by atoms with Gasteiger partial charge in [-0.15, -0.1) is 0 Å². The van der Waals surface area contributed by atoms with Gasteiger partial charge in [-0.3, -0.25) is 0 Å². The highest BCUT2D eigenvalue weighted by Crippen LogP contribution is 2.32. The summed E-state index contributed by atoms with van der Waals surface area (Å²) in [5, 5.41) is 3.44. The SMILES string of the molecule is CCCC(CNC(C)C)OCc1ccc2c(c1)OCO2. The van der Waals surface area contributed by atoms with Gasteiger partial charge in [0.05, 0.1) is 12.7 Å². The molecule has 0 saturated carbocycles. The van der Waals surface area contributed by atoms with Crippen LogP contribution in [0.25, 0.3) is 0 Å². The highest BCUT2D eigenvalue weighted by atomic mass is 16.7. The fourth-order valence-corrected chi connectivity index (χ4v) is 2.18. The molecule has 1 aromatic rings. The van der Waals surface area contributed by atoms with E-state index in [1.54, 1.807) is 0 Å². The third kappa shape index (κ3) is 4.39. The van der Waals surface area contributed by atoms with Crippen molar-refractivity contribution in [3.63, 3.8) is 0 Å². The monoisotopic (exact) mass is 279 g/mol. The van der Waals surface area contributed by atoms with Crippen LogP contribution in [-0.4, -0.2) is 25.5 Å². The molecule has 1 atom stereocenters.